The molecule has 140 valence electrons. The van der Waals surface area contributed by atoms with Crippen molar-refractivity contribution in [3.63, 3.8) is 0 Å². The van der Waals surface area contributed by atoms with Crippen molar-refractivity contribution in [2.24, 2.45) is 0 Å². The van der Waals surface area contributed by atoms with Crippen LogP contribution in [0.4, 0.5) is 11.4 Å². The predicted molar refractivity (Wildman–Crippen MR) is 110 cm³/mol. The van der Waals surface area contributed by atoms with Gasteiger partial charge in [-0.05, 0) is 61.7 Å². The van der Waals surface area contributed by atoms with Gasteiger partial charge in [0.1, 0.15) is 11.6 Å². The highest BCUT2D eigenvalue weighted by Crippen LogP contribution is 2.24. The fourth-order valence-electron chi connectivity index (χ4n) is 3.39. The Morgan fingerprint density at radius 3 is 1.78 bits per heavy atom. The second kappa shape index (κ2) is 7.52. The Hall–Kier alpha value is -2.67. The van der Waals surface area contributed by atoms with Crippen LogP contribution in [0.2, 0.25) is 0 Å². The minimum absolute atomic E-state index is 0.310. The van der Waals surface area contributed by atoms with E-state index in [1.54, 1.807) is 23.9 Å². The summed E-state index contributed by atoms with van der Waals surface area (Å²) in [5, 5.41) is 14.8. The van der Waals surface area contributed by atoms with E-state index in [1.165, 1.54) is 5.69 Å². The van der Waals surface area contributed by atoms with E-state index in [2.05, 4.69) is 44.1 Å². The molecule has 27 heavy (non-hydrogen) atoms. The molecule has 1 aliphatic rings. The molecule has 1 aromatic heterocycles. The second-order valence-corrected chi connectivity index (χ2v) is 7.34. The predicted octanol–water partition coefficient (Wildman–Crippen LogP) is 3.33. The van der Waals surface area contributed by atoms with Gasteiger partial charge < -0.3 is 14.9 Å². The normalized spacial score (nSPS) is 14.6. The van der Waals surface area contributed by atoms with Crippen molar-refractivity contribution in [1.82, 2.24) is 14.8 Å². The van der Waals surface area contributed by atoms with Crippen LogP contribution in [0.3, 0.4) is 0 Å². The largest absolute Gasteiger partial charge is 0.508 e. The quantitative estimate of drug-likeness (QED) is 0.700. The van der Waals surface area contributed by atoms with Gasteiger partial charge in [0, 0.05) is 37.6 Å². The molecule has 0 spiro atoms. The lowest BCUT2D eigenvalue weighted by Gasteiger charge is -2.37. The topological polar surface area (TPSA) is 57.4 Å². The number of aryl methyl sites for hydroxylation is 1. The number of hydrogen-bond donors (Lipinski definition) is 1. The molecule has 0 radical (unpaired) electrons. The van der Waals surface area contributed by atoms with E-state index in [4.69, 9.17) is 0 Å². The van der Waals surface area contributed by atoms with Crippen molar-refractivity contribution in [2.45, 2.75) is 12.1 Å². The zero-order valence-corrected chi connectivity index (χ0v) is 16.4. The fourth-order valence-corrected chi connectivity index (χ4v) is 3.77. The molecule has 7 heteroatoms. The maximum absolute atomic E-state index is 9.45. The van der Waals surface area contributed by atoms with Crippen LogP contribution in [0.5, 0.6) is 5.75 Å². The lowest BCUT2D eigenvalue weighted by atomic mass is 10.2. The average molecular weight is 382 g/mol. The van der Waals surface area contributed by atoms with Gasteiger partial charge in [-0.25, -0.2) is 9.67 Å². The molecule has 2 heterocycles. The molecule has 1 N–H and O–H groups in total. The Kier molecular flexibility index (Phi) is 4.94. The Morgan fingerprint density at radius 1 is 0.815 bits per heavy atom. The van der Waals surface area contributed by atoms with Gasteiger partial charge in [0.05, 0.1) is 5.69 Å². The highest BCUT2D eigenvalue weighted by atomic mass is 32.2. The van der Waals surface area contributed by atoms with E-state index in [0.29, 0.717) is 5.75 Å². The first-order valence-electron chi connectivity index (χ1n) is 9.01. The Morgan fingerprint density at radius 2 is 1.30 bits per heavy atom. The number of anilines is 2. The van der Waals surface area contributed by atoms with E-state index in [1.807, 2.05) is 30.0 Å². The molecule has 3 aromatic rings. The molecule has 0 atom stereocenters. The number of aromatic nitrogens is 3. The van der Waals surface area contributed by atoms with Gasteiger partial charge in [-0.3, -0.25) is 0 Å². The summed E-state index contributed by atoms with van der Waals surface area (Å²) in [7, 11) is 0. The smallest absolute Gasteiger partial charge is 0.208 e. The minimum Gasteiger partial charge on any atom is -0.508 e. The minimum atomic E-state index is 0.310. The monoisotopic (exact) mass is 381 g/mol. The Bertz CT molecular complexity index is 899. The number of hydrogen-bond acceptors (Lipinski definition) is 6. The van der Waals surface area contributed by atoms with Crippen molar-refractivity contribution >= 4 is 23.1 Å². The van der Waals surface area contributed by atoms with Gasteiger partial charge in [-0.1, -0.05) is 11.8 Å². The number of phenolic OH excluding ortho intramolecular Hbond substituents is 1. The van der Waals surface area contributed by atoms with Crippen LogP contribution >= 0.6 is 11.8 Å². The first-order chi connectivity index (χ1) is 13.1. The van der Waals surface area contributed by atoms with E-state index in [9.17, 15) is 5.11 Å². The molecule has 2 aromatic carbocycles. The number of phenols is 1. The maximum Gasteiger partial charge on any atom is 0.208 e. The Labute approximate surface area is 163 Å². The lowest BCUT2D eigenvalue weighted by Crippen LogP contribution is -2.46. The number of thioether (sulfide) groups is 1. The van der Waals surface area contributed by atoms with Crippen LogP contribution < -0.4 is 9.80 Å². The third kappa shape index (κ3) is 3.73. The molecule has 6 nitrogen and oxygen atoms in total. The highest BCUT2D eigenvalue weighted by molar-refractivity contribution is 7.98. The number of nitrogens with zero attached hydrogens (tertiary/aromatic N) is 5. The first kappa shape index (κ1) is 17.7. The highest BCUT2D eigenvalue weighted by Gasteiger charge is 2.18. The zero-order chi connectivity index (χ0) is 18.8. The van der Waals surface area contributed by atoms with Crippen molar-refractivity contribution in [3.8, 4) is 11.4 Å². The maximum atomic E-state index is 9.45. The molecule has 0 unspecified atom stereocenters. The molecule has 1 fully saturated rings. The average Bonchev–Trinajstić information content (AvgIpc) is 3.10. The number of aromatic hydroxyl groups is 1. The van der Waals surface area contributed by atoms with Gasteiger partial charge in [0.2, 0.25) is 5.16 Å². The third-order valence-electron chi connectivity index (χ3n) is 4.89. The van der Waals surface area contributed by atoms with E-state index < -0.39 is 0 Å². The summed E-state index contributed by atoms with van der Waals surface area (Å²) >= 11 is 1.55. The van der Waals surface area contributed by atoms with Crippen molar-refractivity contribution < 1.29 is 5.11 Å². The summed E-state index contributed by atoms with van der Waals surface area (Å²) in [4.78, 5) is 9.20. The summed E-state index contributed by atoms with van der Waals surface area (Å²) in [6, 6.07) is 16.0. The standard InChI is InChI=1S/C20H23N5OS/c1-15-21-20(27-2)22-25(15)18-5-3-16(4-6-18)23-11-13-24(14-12-23)17-7-9-19(26)10-8-17/h3-10,26H,11-14H2,1-2H3. The van der Waals surface area contributed by atoms with Crippen LogP contribution in [-0.4, -0.2) is 52.3 Å². The van der Waals surface area contributed by atoms with Crippen LogP contribution in [0.25, 0.3) is 5.69 Å². The zero-order valence-electron chi connectivity index (χ0n) is 15.5. The van der Waals surface area contributed by atoms with Crippen LogP contribution in [0.15, 0.2) is 53.7 Å². The third-order valence-corrected chi connectivity index (χ3v) is 5.42. The van der Waals surface area contributed by atoms with Crippen LogP contribution in [-0.2, 0) is 0 Å². The molecular formula is C20H23N5OS. The summed E-state index contributed by atoms with van der Waals surface area (Å²) in [6.45, 7) is 5.85. The SMILES string of the molecule is CSc1nc(C)n(-c2ccc(N3CCN(c4ccc(O)cc4)CC3)cc2)n1. The van der Waals surface area contributed by atoms with E-state index in [-0.39, 0.29) is 0 Å². The summed E-state index contributed by atoms with van der Waals surface area (Å²) in [6.07, 6.45) is 1.99. The van der Waals surface area contributed by atoms with Crippen LogP contribution in [0, 0.1) is 6.92 Å². The number of piperazine rings is 1. The molecule has 0 amide bonds. The van der Waals surface area contributed by atoms with Gasteiger partial charge in [0.15, 0.2) is 0 Å². The second-order valence-electron chi connectivity index (χ2n) is 6.56. The van der Waals surface area contributed by atoms with Gasteiger partial charge in [-0.2, -0.15) is 0 Å². The molecule has 4 rings (SSSR count). The van der Waals surface area contributed by atoms with Crippen LogP contribution in [0.1, 0.15) is 5.82 Å². The molecular weight excluding hydrogens is 358 g/mol. The fraction of sp³-hybridized carbons (Fsp3) is 0.300. The first-order valence-corrected chi connectivity index (χ1v) is 10.2. The van der Waals surface area contributed by atoms with E-state index in [0.717, 1.165) is 48.5 Å². The molecule has 0 bridgehead atoms. The Balaban J connectivity index is 1.43. The summed E-state index contributed by atoms with van der Waals surface area (Å²) in [5.74, 6) is 1.21. The van der Waals surface area contributed by atoms with Gasteiger partial charge in [-0.15, -0.1) is 5.10 Å². The number of rotatable bonds is 4. The molecule has 1 saturated heterocycles. The van der Waals surface area contributed by atoms with Gasteiger partial charge in [0.25, 0.3) is 0 Å². The van der Waals surface area contributed by atoms with E-state index >= 15 is 0 Å². The molecule has 0 saturated carbocycles. The van der Waals surface area contributed by atoms with Crippen molar-refractivity contribution in [2.75, 3.05) is 42.2 Å². The lowest BCUT2D eigenvalue weighted by molar-refractivity contribution is 0.475. The van der Waals surface area contributed by atoms with Crippen molar-refractivity contribution in [1.29, 1.82) is 0 Å². The molecule has 1 aliphatic heterocycles. The van der Waals surface area contributed by atoms with Crippen molar-refractivity contribution in [3.05, 3.63) is 54.4 Å². The summed E-state index contributed by atoms with van der Waals surface area (Å²) < 4.78 is 1.89. The number of benzene rings is 2. The molecule has 0 aliphatic carbocycles. The van der Waals surface area contributed by atoms with Gasteiger partial charge >= 0.3 is 0 Å². The summed E-state index contributed by atoms with van der Waals surface area (Å²) in [5.41, 5.74) is 3.42.